The normalized spacial score (nSPS) is 11.4. The summed E-state index contributed by atoms with van der Waals surface area (Å²) in [5, 5.41) is 6.05. The summed E-state index contributed by atoms with van der Waals surface area (Å²) in [5.74, 6) is 0. The molecule has 86 valence electrons. The van der Waals surface area contributed by atoms with Crippen molar-refractivity contribution in [1.29, 1.82) is 0 Å². The Morgan fingerprint density at radius 1 is 0.737 bits per heavy atom. The molecule has 0 N–H and O–H groups in total. The Balaban J connectivity index is 2.26. The van der Waals surface area contributed by atoms with Gasteiger partial charge < -0.3 is 0 Å². The van der Waals surface area contributed by atoms with Gasteiger partial charge >= 0.3 is 0 Å². The van der Waals surface area contributed by atoms with Crippen molar-refractivity contribution in [3.8, 4) is 0 Å². The molecular formula is C17H10BN. The maximum Gasteiger partial charge on any atom is 0.113 e. The molecule has 1 nitrogen and oxygen atoms in total. The van der Waals surface area contributed by atoms with Gasteiger partial charge in [-0.3, -0.25) is 4.98 Å². The van der Waals surface area contributed by atoms with Gasteiger partial charge in [0.25, 0.3) is 0 Å². The quantitative estimate of drug-likeness (QED) is 0.339. The van der Waals surface area contributed by atoms with Crippen LogP contribution in [0.25, 0.3) is 32.4 Å². The number of hydrogen-bond acceptors (Lipinski definition) is 1. The molecule has 0 bridgehead atoms. The van der Waals surface area contributed by atoms with Crippen molar-refractivity contribution in [1.82, 2.24) is 4.98 Å². The zero-order valence-corrected chi connectivity index (χ0v) is 10.3. The van der Waals surface area contributed by atoms with E-state index in [1.54, 1.807) is 0 Å². The molecule has 0 aliphatic rings. The first-order valence-corrected chi connectivity index (χ1v) is 6.29. The molecule has 0 saturated heterocycles. The largest absolute Gasteiger partial charge is 0.256 e. The number of hydrogen-bond donors (Lipinski definition) is 0. The van der Waals surface area contributed by atoms with E-state index in [4.69, 9.17) is 7.85 Å². The maximum absolute atomic E-state index is 5.82. The van der Waals surface area contributed by atoms with Gasteiger partial charge in [-0.2, -0.15) is 0 Å². The summed E-state index contributed by atoms with van der Waals surface area (Å²) in [6, 6.07) is 18.6. The van der Waals surface area contributed by atoms with Crippen LogP contribution in [0.1, 0.15) is 0 Å². The van der Waals surface area contributed by atoms with Crippen LogP contribution < -0.4 is 5.46 Å². The topological polar surface area (TPSA) is 12.9 Å². The predicted octanol–water partition coefficient (Wildman–Crippen LogP) is 3.34. The maximum atomic E-state index is 5.82. The fourth-order valence-corrected chi connectivity index (χ4v) is 2.69. The highest BCUT2D eigenvalue weighted by Gasteiger charge is 2.04. The second-order valence-corrected chi connectivity index (χ2v) is 4.78. The number of aromatic nitrogens is 1. The molecule has 4 rings (SSSR count). The van der Waals surface area contributed by atoms with Crippen LogP contribution in [0.5, 0.6) is 0 Å². The lowest BCUT2D eigenvalue weighted by Gasteiger charge is -2.07. The molecule has 0 aliphatic heterocycles. The van der Waals surface area contributed by atoms with E-state index in [-0.39, 0.29) is 0 Å². The Labute approximate surface area is 112 Å². The third-order valence-corrected chi connectivity index (χ3v) is 3.62. The van der Waals surface area contributed by atoms with E-state index in [1.807, 2.05) is 18.3 Å². The van der Waals surface area contributed by atoms with E-state index >= 15 is 0 Å². The van der Waals surface area contributed by atoms with Gasteiger partial charge in [0.15, 0.2) is 0 Å². The third-order valence-electron chi connectivity index (χ3n) is 3.62. The van der Waals surface area contributed by atoms with Crippen molar-refractivity contribution in [2.24, 2.45) is 0 Å². The molecule has 3 aromatic carbocycles. The molecule has 1 heterocycles. The number of rotatable bonds is 0. The van der Waals surface area contributed by atoms with Crippen LogP contribution in [0, 0.1) is 0 Å². The van der Waals surface area contributed by atoms with Gasteiger partial charge in [-0.25, -0.2) is 0 Å². The second kappa shape index (κ2) is 3.82. The first kappa shape index (κ1) is 10.6. The number of benzene rings is 3. The molecule has 1 aromatic heterocycles. The predicted molar refractivity (Wildman–Crippen MR) is 82.1 cm³/mol. The Hall–Kier alpha value is -2.35. The minimum Gasteiger partial charge on any atom is -0.256 e. The molecule has 2 heteroatoms. The first-order valence-electron chi connectivity index (χ1n) is 6.29. The van der Waals surface area contributed by atoms with E-state index in [9.17, 15) is 0 Å². The van der Waals surface area contributed by atoms with E-state index in [0.717, 1.165) is 16.4 Å². The van der Waals surface area contributed by atoms with E-state index in [2.05, 4.69) is 47.4 Å². The first-order chi connectivity index (χ1) is 9.33. The standard InChI is InChI=1S/C17H10BN/c18-12-6-8-15-14-7-5-11-3-1-2-4-13(11)16(14)10-19-17(15)9-12/h1-10H. The summed E-state index contributed by atoms with van der Waals surface area (Å²) in [6.07, 6.45) is 1.94. The van der Waals surface area contributed by atoms with Gasteiger partial charge in [-0.1, -0.05) is 54.0 Å². The van der Waals surface area contributed by atoms with Gasteiger partial charge in [0.05, 0.1) is 5.52 Å². The molecule has 0 fully saturated rings. The Morgan fingerprint density at radius 2 is 1.58 bits per heavy atom. The highest BCUT2D eigenvalue weighted by atomic mass is 14.6. The summed E-state index contributed by atoms with van der Waals surface area (Å²) >= 11 is 0. The Morgan fingerprint density at radius 3 is 2.53 bits per heavy atom. The molecular weight excluding hydrogens is 229 g/mol. The van der Waals surface area contributed by atoms with Crippen molar-refractivity contribution >= 4 is 45.8 Å². The average Bonchev–Trinajstić information content (AvgIpc) is 2.46. The van der Waals surface area contributed by atoms with Gasteiger partial charge in [0, 0.05) is 17.0 Å². The molecule has 2 radical (unpaired) electrons. The van der Waals surface area contributed by atoms with Crippen molar-refractivity contribution in [3.63, 3.8) is 0 Å². The van der Waals surface area contributed by atoms with E-state index in [1.165, 1.54) is 21.5 Å². The summed E-state index contributed by atoms with van der Waals surface area (Å²) in [7, 11) is 5.82. The molecule has 0 unspecified atom stereocenters. The second-order valence-electron chi connectivity index (χ2n) is 4.78. The molecule has 0 saturated carbocycles. The number of nitrogens with zero attached hydrogens (tertiary/aromatic N) is 1. The van der Waals surface area contributed by atoms with Crippen molar-refractivity contribution in [3.05, 3.63) is 60.8 Å². The minimum absolute atomic E-state index is 0.750. The van der Waals surface area contributed by atoms with E-state index in [0.29, 0.717) is 0 Å². The summed E-state index contributed by atoms with van der Waals surface area (Å²) in [4.78, 5) is 4.54. The zero-order valence-electron chi connectivity index (χ0n) is 10.3. The van der Waals surface area contributed by atoms with Crippen molar-refractivity contribution in [2.75, 3.05) is 0 Å². The lowest BCUT2D eigenvalue weighted by Crippen LogP contribution is -2.00. The fraction of sp³-hybridized carbons (Fsp3) is 0. The number of fused-ring (bicyclic) bond motifs is 5. The van der Waals surface area contributed by atoms with Crippen LogP contribution >= 0.6 is 0 Å². The van der Waals surface area contributed by atoms with Crippen molar-refractivity contribution < 1.29 is 0 Å². The molecule has 0 spiro atoms. The highest BCUT2D eigenvalue weighted by molar-refractivity contribution is 6.33. The molecule has 19 heavy (non-hydrogen) atoms. The van der Waals surface area contributed by atoms with Crippen LogP contribution in [0.2, 0.25) is 0 Å². The minimum atomic E-state index is 0.750. The van der Waals surface area contributed by atoms with Crippen LogP contribution in [-0.4, -0.2) is 12.8 Å². The van der Waals surface area contributed by atoms with Crippen LogP contribution in [0.3, 0.4) is 0 Å². The monoisotopic (exact) mass is 239 g/mol. The van der Waals surface area contributed by atoms with Gasteiger partial charge in [0.2, 0.25) is 0 Å². The summed E-state index contributed by atoms with van der Waals surface area (Å²) < 4.78 is 0. The fourth-order valence-electron chi connectivity index (χ4n) is 2.69. The number of pyridine rings is 1. The lowest BCUT2D eigenvalue weighted by molar-refractivity contribution is 1.45. The van der Waals surface area contributed by atoms with Gasteiger partial charge in [0.1, 0.15) is 7.85 Å². The SMILES string of the molecule is [B]c1ccc2c(c1)ncc1c3ccccc3ccc21. The van der Waals surface area contributed by atoms with Gasteiger partial charge in [-0.05, 0) is 22.2 Å². The lowest BCUT2D eigenvalue weighted by atomic mass is 9.93. The smallest absolute Gasteiger partial charge is 0.113 e. The molecule has 4 aromatic rings. The van der Waals surface area contributed by atoms with Crippen LogP contribution in [0.4, 0.5) is 0 Å². The van der Waals surface area contributed by atoms with Gasteiger partial charge in [-0.15, -0.1) is 0 Å². The Kier molecular flexibility index (Phi) is 2.13. The molecule has 0 amide bonds. The molecule has 0 aliphatic carbocycles. The molecule has 0 atom stereocenters. The van der Waals surface area contributed by atoms with E-state index < -0.39 is 0 Å². The summed E-state index contributed by atoms with van der Waals surface area (Å²) in [5.41, 5.74) is 1.70. The van der Waals surface area contributed by atoms with Crippen molar-refractivity contribution in [2.45, 2.75) is 0 Å². The highest BCUT2D eigenvalue weighted by Crippen LogP contribution is 2.29. The third kappa shape index (κ3) is 1.53. The summed E-state index contributed by atoms with van der Waals surface area (Å²) in [6.45, 7) is 0. The van der Waals surface area contributed by atoms with Crippen LogP contribution in [-0.2, 0) is 0 Å². The van der Waals surface area contributed by atoms with Crippen LogP contribution in [0.15, 0.2) is 60.8 Å². The Bertz CT molecular complexity index is 928. The average molecular weight is 239 g/mol. The zero-order chi connectivity index (χ0) is 12.8.